The molecule has 0 aromatic rings. The molecule has 0 aliphatic carbocycles. The molecule has 0 rings (SSSR count). The van der Waals surface area contributed by atoms with Crippen molar-refractivity contribution in [2.24, 2.45) is 0 Å². The molecule has 0 amide bonds. The van der Waals surface area contributed by atoms with Gasteiger partial charge in [0.2, 0.25) is 0 Å². The number of rotatable bonds is 0. The van der Waals surface area contributed by atoms with Gasteiger partial charge < -0.3 is 0 Å². The van der Waals surface area contributed by atoms with Gasteiger partial charge in [-0.3, -0.25) is 0 Å². The van der Waals surface area contributed by atoms with Crippen LogP contribution >= 0.6 is 0 Å². The van der Waals surface area contributed by atoms with Gasteiger partial charge in [-0.05, 0) is 0 Å². The van der Waals surface area contributed by atoms with E-state index in [2.05, 4.69) is 0 Å². The van der Waals surface area contributed by atoms with Gasteiger partial charge in [-0.2, -0.15) is 0 Å². The van der Waals surface area contributed by atoms with Crippen molar-refractivity contribution >= 4 is 52.5 Å². The zero-order valence-corrected chi connectivity index (χ0v) is 1.00. The van der Waals surface area contributed by atoms with Crippen LogP contribution < -0.4 is 0 Å². The first kappa shape index (κ1) is 188. The molecule has 25 valence electrons. The monoisotopic (exact) mass is 63.1 g/mol. The standard InChI is InChI=1S/4BH3.Li/h4*1H3;. The Morgan fingerprint density at radius 3 is 0.400 bits per heavy atom. The Kier molecular flexibility index (Phi) is 3700. The predicted octanol–water partition coefficient (Wildman–Crippen LogP) is -5.12. The van der Waals surface area contributed by atoms with E-state index in [0.29, 0.717) is 0 Å². The fourth-order valence-corrected chi connectivity index (χ4v) is 0. The molecular weight excluding hydrogens is 50.2 g/mol. The quantitative estimate of drug-likeness (QED) is 0.246. The maximum atomic E-state index is 0. The molecule has 1 radical (unpaired) electrons. The summed E-state index contributed by atoms with van der Waals surface area (Å²) in [6, 6.07) is 0. The molecular formula is H12B4Li. The third-order valence-electron chi connectivity index (χ3n) is 0. The van der Waals surface area contributed by atoms with Crippen LogP contribution in [0.3, 0.4) is 0 Å². The summed E-state index contributed by atoms with van der Waals surface area (Å²) in [6.07, 6.45) is 0. The molecule has 0 saturated heterocycles. The summed E-state index contributed by atoms with van der Waals surface area (Å²) in [5.74, 6) is 0. The molecule has 0 aliphatic heterocycles. The van der Waals surface area contributed by atoms with Crippen LogP contribution in [0.1, 0.15) is 0 Å². The van der Waals surface area contributed by atoms with Gasteiger partial charge in [-0.15, -0.1) is 0 Å². The van der Waals surface area contributed by atoms with E-state index in [9.17, 15) is 0 Å². The summed E-state index contributed by atoms with van der Waals surface area (Å²) in [7, 11) is 0. The predicted molar refractivity (Wildman–Crippen MR) is 45.5 cm³/mol. The third kappa shape index (κ3) is 54.0. The summed E-state index contributed by atoms with van der Waals surface area (Å²) in [5, 5.41) is 0. The van der Waals surface area contributed by atoms with Crippen molar-refractivity contribution in [3.8, 4) is 0 Å². The van der Waals surface area contributed by atoms with Crippen LogP contribution in [-0.2, 0) is 0 Å². The van der Waals surface area contributed by atoms with Crippen molar-refractivity contribution in [1.82, 2.24) is 0 Å². The number of hydrogen-bond acceptors (Lipinski definition) is 0. The molecule has 0 saturated carbocycles. The van der Waals surface area contributed by atoms with E-state index in [0.717, 1.165) is 0 Å². The Balaban J connectivity index is 0. The van der Waals surface area contributed by atoms with E-state index in [1.807, 2.05) is 0 Å². The van der Waals surface area contributed by atoms with Crippen LogP contribution in [0.2, 0.25) is 0 Å². The second kappa shape index (κ2) is 98.4. The van der Waals surface area contributed by atoms with Crippen molar-refractivity contribution < 1.29 is 0 Å². The first-order chi connectivity index (χ1) is 0. The second-order valence-corrected chi connectivity index (χ2v) is 0. The van der Waals surface area contributed by atoms with E-state index in [1.165, 1.54) is 0 Å². The molecule has 5 heteroatoms. The van der Waals surface area contributed by atoms with E-state index in [-0.39, 0.29) is 52.5 Å². The molecule has 0 bridgehead atoms. The summed E-state index contributed by atoms with van der Waals surface area (Å²) in [6.45, 7) is 0. The SMILES string of the molecule is B.B.B.B.[Li]. The topological polar surface area (TPSA) is 0 Å². The molecule has 0 atom stereocenters. The maximum Gasteiger partial charge on any atom is 0.0814 e. The van der Waals surface area contributed by atoms with Gasteiger partial charge in [0.1, 0.15) is 0 Å². The van der Waals surface area contributed by atoms with E-state index < -0.39 is 0 Å². The fourth-order valence-electron chi connectivity index (χ4n) is 0. The van der Waals surface area contributed by atoms with Gasteiger partial charge in [0.05, 0.1) is 33.7 Å². The Hall–Kier alpha value is 0.857. The Labute approximate surface area is 53.0 Å². The minimum Gasteiger partial charge on any atom is 0 e. The smallest absolute Gasteiger partial charge is 0 e. The molecule has 0 aromatic carbocycles. The zero-order chi connectivity index (χ0) is 0. The average molecular weight is 62.3 g/mol. The van der Waals surface area contributed by atoms with Gasteiger partial charge in [-0.25, -0.2) is 0 Å². The molecule has 5 heavy (non-hydrogen) atoms. The van der Waals surface area contributed by atoms with Crippen LogP contribution in [0.4, 0.5) is 0 Å². The van der Waals surface area contributed by atoms with Crippen LogP contribution in [0.25, 0.3) is 0 Å². The van der Waals surface area contributed by atoms with Gasteiger partial charge >= 0.3 is 0 Å². The van der Waals surface area contributed by atoms with Crippen LogP contribution in [-0.4, -0.2) is 52.5 Å². The van der Waals surface area contributed by atoms with Gasteiger partial charge in [0.25, 0.3) is 0 Å². The Bertz CT molecular complexity index is 3.61. The Morgan fingerprint density at radius 1 is 0.400 bits per heavy atom. The van der Waals surface area contributed by atoms with Gasteiger partial charge in [0, 0.05) is 18.9 Å². The van der Waals surface area contributed by atoms with Crippen LogP contribution in [0.15, 0.2) is 0 Å². The van der Waals surface area contributed by atoms with E-state index in [1.54, 1.807) is 0 Å². The molecule has 0 fully saturated rings. The summed E-state index contributed by atoms with van der Waals surface area (Å²) >= 11 is 0. The van der Waals surface area contributed by atoms with Crippen molar-refractivity contribution in [3.63, 3.8) is 0 Å². The second-order valence-electron chi connectivity index (χ2n) is 0. The molecule has 0 aliphatic rings. The average Bonchev–Trinajstić information content (AvgIpc) is 0. The van der Waals surface area contributed by atoms with Crippen molar-refractivity contribution in [2.45, 2.75) is 0 Å². The van der Waals surface area contributed by atoms with E-state index >= 15 is 0 Å². The molecule has 0 N–H and O–H groups in total. The number of hydrogen-bond donors (Lipinski definition) is 0. The zero-order valence-electron chi connectivity index (χ0n) is 1.00. The fraction of sp³-hybridized carbons (Fsp3) is 0. The molecule has 0 nitrogen and oxygen atoms in total. The third-order valence-corrected chi connectivity index (χ3v) is 0. The molecule has 0 unspecified atom stereocenters. The summed E-state index contributed by atoms with van der Waals surface area (Å²) in [5.41, 5.74) is 0. The first-order valence-electron chi connectivity index (χ1n) is 0. The van der Waals surface area contributed by atoms with Gasteiger partial charge in [0.15, 0.2) is 0 Å². The van der Waals surface area contributed by atoms with Crippen molar-refractivity contribution in [3.05, 3.63) is 0 Å². The minimum absolute atomic E-state index is 0. The van der Waals surface area contributed by atoms with Crippen molar-refractivity contribution in [1.29, 1.82) is 0 Å². The van der Waals surface area contributed by atoms with Crippen LogP contribution in [0.5, 0.6) is 0 Å². The molecule has 0 heterocycles. The van der Waals surface area contributed by atoms with E-state index in [4.69, 9.17) is 0 Å². The first-order valence-corrected chi connectivity index (χ1v) is 0. The normalized spacial score (nSPS) is 0. The summed E-state index contributed by atoms with van der Waals surface area (Å²) < 4.78 is 0. The maximum absolute atomic E-state index is 0. The minimum atomic E-state index is 0. The van der Waals surface area contributed by atoms with Crippen molar-refractivity contribution in [2.75, 3.05) is 0 Å². The largest absolute Gasteiger partial charge is 0.0814 e. The Morgan fingerprint density at radius 2 is 0.400 bits per heavy atom. The summed E-state index contributed by atoms with van der Waals surface area (Å²) in [4.78, 5) is 0. The van der Waals surface area contributed by atoms with Crippen LogP contribution in [0, 0.1) is 0 Å². The molecule has 0 spiro atoms. The van der Waals surface area contributed by atoms with Gasteiger partial charge in [-0.1, -0.05) is 0 Å². The molecule has 0 aromatic heterocycles.